The van der Waals surface area contributed by atoms with Crippen molar-refractivity contribution in [3.8, 4) is 6.07 Å². The average Bonchev–Trinajstić information content (AvgIpc) is 2.86. The van der Waals surface area contributed by atoms with Crippen molar-refractivity contribution >= 4 is 11.9 Å². The summed E-state index contributed by atoms with van der Waals surface area (Å²) in [6, 6.07) is 9.03. The van der Waals surface area contributed by atoms with Crippen molar-refractivity contribution in [2.24, 2.45) is 0 Å². The Kier molecular flexibility index (Phi) is 5.02. The van der Waals surface area contributed by atoms with Crippen LogP contribution in [0.5, 0.6) is 0 Å². The van der Waals surface area contributed by atoms with E-state index in [4.69, 9.17) is 4.74 Å². The lowest BCUT2D eigenvalue weighted by atomic mass is 10.1. The van der Waals surface area contributed by atoms with Crippen LogP contribution in [-0.4, -0.2) is 65.1 Å². The Balaban J connectivity index is 1.69. The molecular formula is C18H22N4O3. The highest BCUT2D eigenvalue weighted by molar-refractivity contribution is 6.01. The molecule has 2 fully saturated rings. The van der Waals surface area contributed by atoms with Gasteiger partial charge < -0.3 is 9.64 Å². The number of amides is 3. The molecule has 132 valence electrons. The first-order valence-electron chi connectivity index (χ1n) is 8.42. The van der Waals surface area contributed by atoms with Crippen molar-refractivity contribution in [3.63, 3.8) is 0 Å². The van der Waals surface area contributed by atoms with E-state index < -0.39 is 0 Å². The molecule has 0 bridgehead atoms. The van der Waals surface area contributed by atoms with Crippen molar-refractivity contribution in [1.29, 1.82) is 5.26 Å². The summed E-state index contributed by atoms with van der Waals surface area (Å²) in [6.07, 6.45) is 0.114. The molecule has 0 radical (unpaired) electrons. The van der Waals surface area contributed by atoms with Crippen LogP contribution in [-0.2, 0) is 16.1 Å². The number of carbonyl (C=O) groups is 2. The minimum atomic E-state index is -0.302. The molecule has 0 aromatic heterocycles. The number of morpholine rings is 1. The zero-order valence-electron chi connectivity index (χ0n) is 14.5. The fraction of sp³-hybridized carbons (Fsp3) is 0.500. The van der Waals surface area contributed by atoms with E-state index in [2.05, 4.69) is 17.9 Å². The van der Waals surface area contributed by atoms with Crippen LogP contribution in [0.1, 0.15) is 25.0 Å². The summed E-state index contributed by atoms with van der Waals surface area (Å²) in [7, 11) is 0. The summed E-state index contributed by atoms with van der Waals surface area (Å²) in [6.45, 7) is 6.03. The molecule has 0 unspecified atom stereocenters. The predicted octanol–water partition coefficient (Wildman–Crippen LogP) is 1.39. The molecule has 3 rings (SSSR count). The second kappa shape index (κ2) is 7.21. The molecule has 1 aromatic rings. The van der Waals surface area contributed by atoms with E-state index >= 15 is 0 Å². The van der Waals surface area contributed by atoms with Crippen LogP contribution in [0.4, 0.5) is 4.79 Å². The van der Waals surface area contributed by atoms with Gasteiger partial charge in [0.2, 0.25) is 0 Å². The number of imide groups is 1. The Morgan fingerprint density at radius 2 is 2.04 bits per heavy atom. The number of hydrogen-bond acceptors (Lipinski definition) is 5. The topological polar surface area (TPSA) is 76.9 Å². The highest BCUT2D eigenvalue weighted by atomic mass is 16.5. The van der Waals surface area contributed by atoms with Crippen molar-refractivity contribution in [1.82, 2.24) is 14.7 Å². The predicted molar refractivity (Wildman–Crippen MR) is 90.3 cm³/mol. The molecule has 2 aliphatic heterocycles. The van der Waals surface area contributed by atoms with Crippen LogP contribution in [0.2, 0.25) is 0 Å². The van der Waals surface area contributed by atoms with Crippen LogP contribution in [0.25, 0.3) is 0 Å². The Hall–Kier alpha value is -2.43. The third-order valence-electron chi connectivity index (χ3n) is 4.68. The molecule has 2 aliphatic rings. The molecule has 1 aromatic carbocycles. The standard InChI is InChI=1S/C18H22N4O3/c1-13-11-25-14(2)8-20(13)12-21-10-17(23)22(18(21)24)9-16-6-4-3-5-15(16)7-19/h3-6,13-14H,8-12H2,1-2H3/t13-,14-/m0/s1. The third-order valence-corrected chi connectivity index (χ3v) is 4.68. The van der Waals surface area contributed by atoms with Crippen LogP contribution in [0.15, 0.2) is 24.3 Å². The van der Waals surface area contributed by atoms with Crippen molar-refractivity contribution in [3.05, 3.63) is 35.4 Å². The first-order chi connectivity index (χ1) is 12.0. The summed E-state index contributed by atoms with van der Waals surface area (Å²) in [5.41, 5.74) is 1.17. The van der Waals surface area contributed by atoms with E-state index in [1.165, 1.54) is 4.90 Å². The molecule has 0 N–H and O–H groups in total. The van der Waals surface area contributed by atoms with E-state index in [0.717, 1.165) is 6.54 Å². The average molecular weight is 342 g/mol. The third kappa shape index (κ3) is 3.65. The fourth-order valence-electron chi connectivity index (χ4n) is 3.19. The number of ether oxygens (including phenoxy) is 1. The van der Waals surface area contributed by atoms with Gasteiger partial charge in [0, 0.05) is 12.6 Å². The SMILES string of the molecule is C[C@H]1CN(CN2CC(=O)N(Cc3ccccc3C#N)C2=O)[C@@H](C)CO1. The largest absolute Gasteiger partial charge is 0.376 e. The quantitative estimate of drug-likeness (QED) is 0.773. The number of carbonyl (C=O) groups excluding carboxylic acids is 2. The number of hydrogen-bond donors (Lipinski definition) is 0. The monoisotopic (exact) mass is 342 g/mol. The van der Waals surface area contributed by atoms with Crippen LogP contribution < -0.4 is 0 Å². The van der Waals surface area contributed by atoms with Crippen molar-refractivity contribution in [2.45, 2.75) is 32.5 Å². The van der Waals surface area contributed by atoms with E-state index in [9.17, 15) is 14.9 Å². The van der Waals surface area contributed by atoms with Gasteiger partial charge in [-0.1, -0.05) is 18.2 Å². The van der Waals surface area contributed by atoms with E-state index in [-0.39, 0.29) is 37.2 Å². The number of benzene rings is 1. The molecule has 7 heteroatoms. The first-order valence-corrected chi connectivity index (χ1v) is 8.42. The number of rotatable bonds is 4. The van der Waals surface area contributed by atoms with Gasteiger partial charge in [0.25, 0.3) is 5.91 Å². The Bertz CT molecular complexity index is 715. The number of nitrogens with zero attached hydrogens (tertiary/aromatic N) is 4. The molecule has 0 saturated carbocycles. The van der Waals surface area contributed by atoms with E-state index in [1.807, 2.05) is 6.92 Å². The van der Waals surface area contributed by atoms with Gasteiger partial charge in [-0.3, -0.25) is 14.6 Å². The van der Waals surface area contributed by atoms with Gasteiger partial charge in [-0.25, -0.2) is 4.79 Å². The van der Waals surface area contributed by atoms with Gasteiger partial charge in [0.1, 0.15) is 6.54 Å². The minimum Gasteiger partial charge on any atom is -0.376 e. The lowest BCUT2D eigenvalue weighted by Gasteiger charge is -2.38. The Morgan fingerprint density at radius 3 is 2.80 bits per heavy atom. The molecule has 2 heterocycles. The molecule has 0 spiro atoms. The van der Waals surface area contributed by atoms with Gasteiger partial charge in [-0.05, 0) is 25.5 Å². The van der Waals surface area contributed by atoms with Gasteiger partial charge in [0.15, 0.2) is 0 Å². The summed E-state index contributed by atoms with van der Waals surface area (Å²) in [5.74, 6) is -0.230. The maximum Gasteiger partial charge on any atom is 0.328 e. The van der Waals surface area contributed by atoms with E-state index in [0.29, 0.717) is 24.4 Å². The molecule has 25 heavy (non-hydrogen) atoms. The second-order valence-corrected chi connectivity index (χ2v) is 6.64. The Morgan fingerprint density at radius 1 is 1.28 bits per heavy atom. The lowest BCUT2D eigenvalue weighted by molar-refractivity contribution is -0.126. The highest BCUT2D eigenvalue weighted by Gasteiger charge is 2.38. The number of urea groups is 1. The fourth-order valence-corrected chi connectivity index (χ4v) is 3.19. The lowest BCUT2D eigenvalue weighted by Crippen LogP contribution is -2.52. The van der Waals surface area contributed by atoms with Crippen LogP contribution in [0, 0.1) is 11.3 Å². The summed E-state index contributed by atoms with van der Waals surface area (Å²) < 4.78 is 5.61. The Labute approximate surface area is 147 Å². The molecule has 2 saturated heterocycles. The second-order valence-electron chi connectivity index (χ2n) is 6.64. The molecule has 2 atom stereocenters. The summed E-state index contributed by atoms with van der Waals surface area (Å²) >= 11 is 0. The molecule has 7 nitrogen and oxygen atoms in total. The first kappa shape index (κ1) is 17.4. The zero-order chi connectivity index (χ0) is 18.0. The van der Waals surface area contributed by atoms with Crippen molar-refractivity contribution in [2.75, 3.05) is 26.4 Å². The summed E-state index contributed by atoms with van der Waals surface area (Å²) in [5, 5.41) is 9.18. The van der Waals surface area contributed by atoms with Gasteiger partial charge >= 0.3 is 6.03 Å². The normalized spacial score (nSPS) is 24.7. The van der Waals surface area contributed by atoms with Gasteiger partial charge in [-0.15, -0.1) is 0 Å². The van der Waals surface area contributed by atoms with Gasteiger partial charge in [-0.2, -0.15) is 5.26 Å². The highest BCUT2D eigenvalue weighted by Crippen LogP contribution is 2.19. The summed E-state index contributed by atoms with van der Waals surface area (Å²) in [4.78, 5) is 29.9. The smallest absolute Gasteiger partial charge is 0.328 e. The van der Waals surface area contributed by atoms with Gasteiger partial charge in [0.05, 0.1) is 37.6 Å². The molecular weight excluding hydrogens is 320 g/mol. The molecule has 0 aliphatic carbocycles. The number of nitriles is 1. The van der Waals surface area contributed by atoms with E-state index in [1.54, 1.807) is 29.2 Å². The zero-order valence-corrected chi connectivity index (χ0v) is 14.5. The maximum atomic E-state index is 12.7. The van der Waals surface area contributed by atoms with Crippen LogP contribution >= 0.6 is 0 Å². The maximum absolute atomic E-state index is 12.7. The van der Waals surface area contributed by atoms with Crippen LogP contribution in [0.3, 0.4) is 0 Å². The molecule has 3 amide bonds. The minimum absolute atomic E-state index is 0.0754. The van der Waals surface area contributed by atoms with Crippen molar-refractivity contribution < 1.29 is 14.3 Å².